The zero-order chi connectivity index (χ0) is 42.9. The number of halogens is 1. The molecular formula is C44H41ClN10O7. The van der Waals surface area contributed by atoms with Crippen molar-refractivity contribution in [3.05, 3.63) is 130 Å². The molecule has 10 rings (SSSR count). The summed E-state index contributed by atoms with van der Waals surface area (Å²) in [7, 11) is 3.07. The molecule has 17 nitrogen and oxygen atoms in total. The summed E-state index contributed by atoms with van der Waals surface area (Å²) < 4.78 is 0. The van der Waals surface area contributed by atoms with Crippen LogP contribution in [-0.4, -0.2) is 77.1 Å². The van der Waals surface area contributed by atoms with Gasteiger partial charge in [-0.05, 0) is 60.1 Å². The highest BCUT2D eigenvalue weighted by Gasteiger charge is 2.44. The fourth-order valence-corrected chi connectivity index (χ4v) is 7.79. The third-order valence-corrected chi connectivity index (χ3v) is 11.0. The number of aliphatic carboxylic acids is 1. The van der Waals surface area contributed by atoms with Crippen molar-refractivity contribution in [3.63, 3.8) is 0 Å². The number of H-pyrrole nitrogens is 2. The van der Waals surface area contributed by atoms with Crippen LogP contribution in [0.1, 0.15) is 88.6 Å². The minimum atomic E-state index is -0.663. The average molecular weight is 857 g/mol. The summed E-state index contributed by atoms with van der Waals surface area (Å²) in [6, 6.07) is 26.4. The molecule has 0 spiro atoms. The number of aromatic nitrogens is 2. The molecule has 4 atom stereocenters. The number of carbonyl (C=O) groups excluding carboxylic acids is 5. The number of nitrogens with zero attached hydrogens (tertiary/aromatic N) is 2. The Labute approximate surface area is 359 Å². The Morgan fingerprint density at radius 2 is 1.15 bits per heavy atom. The van der Waals surface area contributed by atoms with E-state index in [9.17, 15) is 28.8 Å². The van der Waals surface area contributed by atoms with Crippen molar-refractivity contribution < 1.29 is 33.9 Å². The van der Waals surface area contributed by atoms with Crippen LogP contribution in [0.4, 0.5) is 11.4 Å². The maximum Gasteiger partial charge on any atom is 0.307 e. The molecule has 2 aromatic heterocycles. The Bertz CT molecular complexity index is 2840. The molecule has 0 unspecified atom stereocenters. The topological polar surface area (TPSA) is 265 Å². The zero-order valence-corrected chi connectivity index (χ0v) is 34.1. The lowest BCUT2D eigenvalue weighted by molar-refractivity contribution is -0.138. The molecule has 2 aliphatic heterocycles. The van der Waals surface area contributed by atoms with E-state index in [-0.39, 0.29) is 59.7 Å². The summed E-state index contributed by atoms with van der Waals surface area (Å²) >= 11 is 0. The van der Waals surface area contributed by atoms with E-state index < -0.39 is 11.9 Å². The number of amides is 5. The number of aromatic amines is 2. The lowest BCUT2D eigenvalue weighted by atomic mass is 10.0. The molecule has 6 aromatic rings. The van der Waals surface area contributed by atoms with Gasteiger partial charge in [0.1, 0.15) is 11.4 Å². The maximum atomic E-state index is 12.8. The Balaban J connectivity index is 0.000000154. The molecule has 4 aromatic carbocycles. The van der Waals surface area contributed by atoms with Gasteiger partial charge in [-0.25, -0.2) is 10.9 Å². The number of nitrogens with two attached hydrogens (primary N) is 1. The molecule has 18 heteroatoms. The number of hydrogen-bond donors (Lipinski definition) is 9. The second-order valence-corrected chi connectivity index (χ2v) is 14.9. The van der Waals surface area contributed by atoms with Gasteiger partial charge in [0.2, 0.25) is 5.91 Å². The first-order chi connectivity index (χ1) is 29.5. The SMILES string of the molecule is CNC(=O)c1[nH]c2cc(N)cc3c2c1C=NNC3=O.CNC(=O)c1[nH]c2cc(NC(=O)[C@@H]3C[C@H]3c3ccccc3)cc3c2c1C=NNC3=O.Cl.O=C(O)[C@@H]1C[C@H]1c1ccccc1. The smallest absolute Gasteiger partial charge is 0.307 e. The normalized spacial score (nSPS) is 18.5. The van der Waals surface area contributed by atoms with Crippen LogP contribution in [0.15, 0.2) is 95.1 Å². The van der Waals surface area contributed by atoms with E-state index in [0.29, 0.717) is 66.8 Å². The number of anilines is 2. The number of carboxylic acid groups (broad SMARTS) is 1. The molecule has 10 N–H and O–H groups in total. The number of benzene rings is 4. The fraction of sp³-hybridized carbons (Fsp3) is 0.182. The number of carboxylic acids is 1. The van der Waals surface area contributed by atoms with Gasteiger partial charge in [-0.1, -0.05) is 60.7 Å². The van der Waals surface area contributed by atoms with Gasteiger partial charge in [-0.2, -0.15) is 10.2 Å². The largest absolute Gasteiger partial charge is 0.481 e. The van der Waals surface area contributed by atoms with Gasteiger partial charge in [0.05, 0.1) is 29.5 Å². The minimum absolute atomic E-state index is 0. The summed E-state index contributed by atoms with van der Waals surface area (Å²) in [5.41, 5.74) is 17.5. The Kier molecular flexibility index (Phi) is 11.9. The van der Waals surface area contributed by atoms with Gasteiger partial charge < -0.3 is 36.8 Å². The number of carbonyl (C=O) groups is 6. The molecule has 0 saturated heterocycles. The minimum Gasteiger partial charge on any atom is -0.481 e. The number of rotatable bonds is 7. The van der Waals surface area contributed by atoms with Crippen LogP contribution in [0, 0.1) is 11.8 Å². The van der Waals surface area contributed by atoms with E-state index in [4.69, 9.17) is 10.8 Å². The molecule has 2 fully saturated rings. The first-order valence-electron chi connectivity index (χ1n) is 19.4. The van der Waals surface area contributed by atoms with Crippen LogP contribution < -0.4 is 32.5 Å². The highest BCUT2D eigenvalue weighted by molar-refractivity contribution is 6.21. The number of hydrazone groups is 2. The van der Waals surface area contributed by atoms with Crippen LogP contribution >= 0.6 is 12.4 Å². The molecular weight excluding hydrogens is 816 g/mol. The van der Waals surface area contributed by atoms with Crippen LogP contribution in [0.2, 0.25) is 0 Å². The van der Waals surface area contributed by atoms with Crippen LogP contribution in [0.25, 0.3) is 21.8 Å². The number of nitrogens with one attached hydrogen (secondary N) is 7. The fourth-order valence-electron chi connectivity index (χ4n) is 7.79. The maximum absolute atomic E-state index is 12.8. The summed E-state index contributed by atoms with van der Waals surface area (Å²) in [4.78, 5) is 77.8. The van der Waals surface area contributed by atoms with Crippen molar-refractivity contribution in [2.45, 2.75) is 24.7 Å². The van der Waals surface area contributed by atoms with E-state index >= 15 is 0 Å². The predicted octanol–water partition coefficient (Wildman–Crippen LogP) is 4.83. The van der Waals surface area contributed by atoms with Crippen LogP contribution in [-0.2, 0) is 9.59 Å². The lowest BCUT2D eigenvalue weighted by Gasteiger charge is -2.08. The Morgan fingerprint density at radius 1 is 0.677 bits per heavy atom. The van der Waals surface area contributed by atoms with Crippen molar-refractivity contribution in [2.75, 3.05) is 25.1 Å². The highest BCUT2D eigenvalue weighted by Crippen LogP contribution is 2.48. The first-order valence-corrected chi connectivity index (χ1v) is 19.4. The predicted molar refractivity (Wildman–Crippen MR) is 236 cm³/mol. The molecule has 0 bridgehead atoms. The van der Waals surface area contributed by atoms with E-state index in [1.807, 2.05) is 60.7 Å². The standard InChI is InChI=1S/C22H19N5O3.C12H11N5O2.C10H10O2.ClH/c1-23-22(30)19-16-10-24-27-21(29)15-7-12(8-17(26-19)18(15)16)25-20(28)14-9-13(14)11-5-3-2-4-6-11;1-14-12(19)10-7-4-15-17-11(18)6-2-5(13)3-8(16-10)9(6)7;11-10(12)9-6-8(9)7-4-2-1-3-5-7;/h2-8,10,13-14,26H,9H2,1H3,(H,23,30)(H,25,28)(H,27,29);2-4,16H,13H2,1H3,(H,14,19)(H,17,18);1-5,8-9H,6H2,(H,11,12);1H/t13-,14+;;8-,9+;/m0.0./s1. The number of nitrogen functional groups attached to an aromatic ring is 1. The van der Waals surface area contributed by atoms with Crippen molar-refractivity contribution in [1.29, 1.82) is 0 Å². The van der Waals surface area contributed by atoms with Gasteiger partial charge in [-0.3, -0.25) is 28.8 Å². The molecule has 62 heavy (non-hydrogen) atoms. The summed E-state index contributed by atoms with van der Waals surface area (Å²) in [6.45, 7) is 0. The van der Waals surface area contributed by atoms with Gasteiger partial charge in [0, 0.05) is 64.3 Å². The summed E-state index contributed by atoms with van der Waals surface area (Å²) in [6.07, 6.45) is 4.50. The van der Waals surface area contributed by atoms with E-state index in [1.54, 1.807) is 24.3 Å². The highest BCUT2D eigenvalue weighted by atomic mass is 35.5. The molecule has 2 aliphatic carbocycles. The van der Waals surface area contributed by atoms with Crippen molar-refractivity contribution >= 4 is 93.5 Å². The molecule has 4 aliphatic rings. The second-order valence-electron chi connectivity index (χ2n) is 14.9. The van der Waals surface area contributed by atoms with Crippen LogP contribution in [0.5, 0.6) is 0 Å². The van der Waals surface area contributed by atoms with E-state index in [2.05, 4.69) is 47.0 Å². The van der Waals surface area contributed by atoms with Gasteiger partial charge in [0.15, 0.2) is 0 Å². The number of hydrogen-bond acceptors (Lipinski definition) is 9. The monoisotopic (exact) mass is 856 g/mol. The second kappa shape index (κ2) is 17.4. The third-order valence-electron chi connectivity index (χ3n) is 11.0. The molecule has 2 saturated carbocycles. The molecule has 5 amide bonds. The Morgan fingerprint density at radius 3 is 1.63 bits per heavy atom. The van der Waals surface area contributed by atoms with Crippen molar-refractivity contribution in [3.8, 4) is 0 Å². The first kappa shape index (κ1) is 42.3. The third kappa shape index (κ3) is 8.33. The van der Waals surface area contributed by atoms with Gasteiger partial charge in [0.25, 0.3) is 23.6 Å². The van der Waals surface area contributed by atoms with E-state index in [1.165, 1.54) is 26.5 Å². The van der Waals surface area contributed by atoms with Gasteiger partial charge in [-0.15, -0.1) is 12.4 Å². The zero-order valence-electron chi connectivity index (χ0n) is 33.2. The summed E-state index contributed by atoms with van der Waals surface area (Å²) in [5, 5.41) is 25.7. The summed E-state index contributed by atoms with van der Waals surface area (Å²) in [5.74, 6) is -1.85. The average Bonchev–Trinajstić information content (AvgIpc) is 4.19. The Hall–Kier alpha value is -7.79. The lowest BCUT2D eigenvalue weighted by Crippen LogP contribution is -2.19. The molecule has 316 valence electrons. The van der Waals surface area contributed by atoms with Crippen molar-refractivity contribution in [2.24, 2.45) is 22.0 Å². The molecule has 4 heterocycles. The van der Waals surface area contributed by atoms with Crippen LogP contribution in [0.3, 0.4) is 0 Å². The van der Waals surface area contributed by atoms with Gasteiger partial charge >= 0.3 is 5.97 Å². The van der Waals surface area contributed by atoms with E-state index in [0.717, 1.165) is 24.0 Å². The quantitative estimate of drug-likeness (QED) is 0.100. The molecule has 0 radical (unpaired) electrons. The van der Waals surface area contributed by atoms with Crippen molar-refractivity contribution in [1.82, 2.24) is 31.5 Å².